The predicted octanol–water partition coefficient (Wildman–Crippen LogP) is 4.04. The highest BCUT2D eigenvalue weighted by atomic mass is 16.2. The SMILES string of the molecule is O=C(NN=C1CCCC1)[C@@H]1CC1(c1ccccc1)c1ccccc1. The van der Waals surface area contributed by atoms with Gasteiger partial charge in [0.05, 0.1) is 5.92 Å². The van der Waals surface area contributed by atoms with E-state index in [9.17, 15) is 4.79 Å². The number of amides is 1. The third-order valence-electron chi connectivity index (χ3n) is 5.36. The molecule has 2 aliphatic rings. The zero-order chi connectivity index (χ0) is 16.4. The van der Waals surface area contributed by atoms with Gasteiger partial charge in [-0.15, -0.1) is 0 Å². The molecule has 3 nitrogen and oxygen atoms in total. The number of rotatable bonds is 4. The number of carbonyl (C=O) groups is 1. The van der Waals surface area contributed by atoms with E-state index in [1.165, 1.54) is 24.0 Å². The molecule has 2 saturated carbocycles. The molecule has 2 fully saturated rings. The Bertz CT molecular complexity index is 704. The molecule has 0 aromatic heterocycles. The lowest BCUT2D eigenvalue weighted by Gasteiger charge is -2.18. The third-order valence-corrected chi connectivity index (χ3v) is 5.36. The Kier molecular flexibility index (Phi) is 3.93. The third kappa shape index (κ3) is 2.64. The maximum absolute atomic E-state index is 12.7. The molecule has 2 aliphatic carbocycles. The number of hydrogen-bond acceptors (Lipinski definition) is 2. The molecule has 1 amide bonds. The highest BCUT2D eigenvalue weighted by molar-refractivity contribution is 5.90. The summed E-state index contributed by atoms with van der Waals surface area (Å²) in [4.78, 5) is 12.7. The van der Waals surface area contributed by atoms with E-state index in [0.717, 1.165) is 25.0 Å². The van der Waals surface area contributed by atoms with Gasteiger partial charge in [-0.2, -0.15) is 5.10 Å². The number of nitrogens with zero attached hydrogens (tertiary/aromatic N) is 1. The van der Waals surface area contributed by atoms with Crippen molar-refractivity contribution >= 4 is 11.6 Å². The normalized spacial score (nSPS) is 21.3. The van der Waals surface area contributed by atoms with Crippen LogP contribution in [0.4, 0.5) is 0 Å². The van der Waals surface area contributed by atoms with Crippen LogP contribution in [0.25, 0.3) is 0 Å². The Morgan fingerprint density at radius 2 is 1.46 bits per heavy atom. The van der Waals surface area contributed by atoms with E-state index >= 15 is 0 Å². The number of benzene rings is 2. The van der Waals surface area contributed by atoms with Crippen molar-refractivity contribution in [3.8, 4) is 0 Å². The van der Waals surface area contributed by atoms with Gasteiger partial charge in [-0.25, -0.2) is 5.43 Å². The van der Waals surface area contributed by atoms with Gasteiger partial charge in [-0.05, 0) is 43.2 Å². The zero-order valence-corrected chi connectivity index (χ0v) is 13.7. The topological polar surface area (TPSA) is 41.5 Å². The van der Waals surface area contributed by atoms with Crippen molar-refractivity contribution in [2.24, 2.45) is 11.0 Å². The van der Waals surface area contributed by atoms with Crippen LogP contribution in [0.15, 0.2) is 65.8 Å². The highest BCUT2D eigenvalue weighted by Gasteiger charge is 2.60. The summed E-state index contributed by atoms with van der Waals surface area (Å²) < 4.78 is 0. The smallest absolute Gasteiger partial charge is 0.244 e. The van der Waals surface area contributed by atoms with Crippen LogP contribution >= 0.6 is 0 Å². The summed E-state index contributed by atoms with van der Waals surface area (Å²) in [6.07, 6.45) is 5.27. The van der Waals surface area contributed by atoms with E-state index in [-0.39, 0.29) is 17.2 Å². The van der Waals surface area contributed by atoms with Gasteiger partial charge in [0.15, 0.2) is 0 Å². The van der Waals surface area contributed by atoms with Crippen molar-refractivity contribution in [1.82, 2.24) is 5.43 Å². The summed E-state index contributed by atoms with van der Waals surface area (Å²) in [6.45, 7) is 0. The molecular weight excluding hydrogens is 296 g/mol. The lowest BCUT2D eigenvalue weighted by atomic mass is 9.85. The van der Waals surface area contributed by atoms with Crippen molar-refractivity contribution in [3.05, 3.63) is 71.8 Å². The van der Waals surface area contributed by atoms with Crippen molar-refractivity contribution in [2.75, 3.05) is 0 Å². The van der Waals surface area contributed by atoms with Crippen LogP contribution in [-0.4, -0.2) is 11.6 Å². The minimum absolute atomic E-state index is 0.0436. The van der Waals surface area contributed by atoms with Gasteiger partial charge in [-0.3, -0.25) is 4.79 Å². The van der Waals surface area contributed by atoms with Crippen LogP contribution in [0.1, 0.15) is 43.2 Å². The molecule has 0 saturated heterocycles. The molecular formula is C21H22N2O. The molecule has 0 spiro atoms. The molecule has 0 radical (unpaired) electrons. The van der Waals surface area contributed by atoms with Gasteiger partial charge in [-0.1, -0.05) is 60.7 Å². The minimum Gasteiger partial charge on any atom is -0.273 e. The highest BCUT2D eigenvalue weighted by Crippen LogP contribution is 2.58. The van der Waals surface area contributed by atoms with Crippen LogP contribution in [0.3, 0.4) is 0 Å². The summed E-state index contributed by atoms with van der Waals surface area (Å²) in [5.74, 6) is -0.00448. The maximum Gasteiger partial charge on any atom is 0.244 e. The van der Waals surface area contributed by atoms with E-state index in [0.29, 0.717) is 0 Å². The average molecular weight is 318 g/mol. The molecule has 0 unspecified atom stereocenters. The monoisotopic (exact) mass is 318 g/mol. The molecule has 24 heavy (non-hydrogen) atoms. The standard InChI is InChI=1S/C21H22N2O/c24-20(23-22-18-13-7-8-14-18)19-15-21(19,16-9-3-1-4-10-16)17-11-5-2-6-12-17/h1-6,9-12,19H,7-8,13-15H2,(H,23,24)/t19-/m0/s1. The molecule has 122 valence electrons. The second-order valence-corrected chi connectivity index (χ2v) is 6.82. The summed E-state index contributed by atoms with van der Waals surface area (Å²) in [6, 6.07) is 20.7. The first kappa shape index (κ1) is 15.1. The predicted molar refractivity (Wildman–Crippen MR) is 95.8 cm³/mol. The van der Waals surface area contributed by atoms with Crippen LogP contribution < -0.4 is 5.43 Å². The molecule has 3 heteroatoms. The molecule has 1 atom stereocenters. The quantitative estimate of drug-likeness (QED) is 0.849. The first-order valence-electron chi connectivity index (χ1n) is 8.77. The molecule has 1 N–H and O–H groups in total. The van der Waals surface area contributed by atoms with Crippen molar-refractivity contribution in [3.63, 3.8) is 0 Å². The molecule has 0 aliphatic heterocycles. The van der Waals surface area contributed by atoms with Crippen molar-refractivity contribution < 1.29 is 4.79 Å². The van der Waals surface area contributed by atoms with Crippen molar-refractivity contribution in [2.45, 2.75) is 37.5 Å². The number of nitrogens with one attached hydrogen (secondary N) is 1. The number of hydrazone groups is 1. The summed E-state index contributed by atoms with van der Waals surface area (Å²) >= 11 is 0. The largest absolute Gasteiger partial charge is 0.273 e. The van der Waals surface area contributed by atoms with Gasteiger partial charge in [0.25, 0.3) is 0 Å². The Morgan fingerprint density at radius 3 is 2.00 bits per heavy atom. The maximum atomic E-state index is 12.7. The van der Waals surface area contributed by atoms with E-state index in [1.807, 2.05) is 36.4 Å². The van der Waals surface area contributed by atoms with Crippen LogP contribution in [0, 0.1) is 5.92 Å². The van der Waals surface area contributed by atoms with Crippen LogP contribution in [0.5, 0.6) is 0 Å². The Morgan fingerprint density at radius 1 is 0.917 bits per heavy atom. The summed E-state index contributed by atoms with van der Waals surface area (Å²) in [5.41, 5.74) is 6.18. The number of hydrogen-bond donors (Lipinski definition) is 1. The van der Waals surface area contributed by atoms with Gasteiger partial charge in [0, 0.05) is 11.1 Å². The van der Waals surface area contributed by atoms with Gasteiger partial charge in [0.2, 0.25) is 5.91 Å². The Hall–Kier alpha value is -2.42. The molecule has 0 heterocycles. The summed E-state index contributed by atoms with van der Waals surface area (Å²) in [7, 11) is 0. The minimum atomic E-state index is -0.206. The van der Waals surface area contributed by atoms with E-state index in [2.05, 4.69) is 34.8 Å². The fraction of sp³-hybridized carbons (Fsp3) is 0.333. The average Bonchev–Trinajstić information content (AvgIpc) is 3.20. The lowest BCUT2D eigenvalue weighted by molar-refractivity contribution is -0.122. The first-order valence-corrected chi connectivity index (χ1v) is 8.77. The van der Waals surface area contributed by atoms with Gasteiger partial charge in [0.1, 0.15) is 0 Å². The van der Waals surface area contributed by atoms with E-state index < -0.39 is 0 Å². The zero-order valence-electron chi connectivity index (χ0n) is 13.7. The van der Waals surface area contributed by atoms with Crippen LogP contribution in [0.2, 0.25) is 0 Å². The fourth-order valence-electron chi connectivity index (χ4n) is 3.96. The van der Waals surface area contributed by atoms with E-state index in [4.69, 9.17) is 0 Å². The molecule has 4 rings (SSSR count). The summed E-state index contributed by atoms with van der Waals surface area (Å²) in [5, 5.41) is 4.35. The van der Waals surface area contributed by atoms with Gasteiger partial charge < -0.3 is 0 Å². The first-order chi connectivity index (χ1) is 11.8. The molecule has 0 bridgehead atoms. The van der Waals surface area contributed by atoms with Crippen LogP contribution in [-0.2, 0) is 10.2 Å². The molecule has 2 aromatic carbocycles. The Labute approximate surface area is 142 Å². The number of carbonyl (C=O) groups excluding carboxylic acids is 1. The second-order valence-electron chi connectivity index (χ2n) is 6.82. The molecule has 2 aromatic rings. The van der Waals surface area contributed by atoms with E-state index in [1.54, 1.807) is 0 Å². The van der Waals surface area contributed by atoms with Crippen molar-refractivity contribution in [1.29, 1.82) is 0 Å². The lowest BCUT2D eigenvalue weighted by Crippen LogP contribution is -2.26. The Balaban J connectivity index is 1.60. The van der Waals surface area contributed by atoms with Gasteiger partial charge >= 0.3 is 0 Å². The second kappa shape index (κ2) is 6.23. The fourth-order valence-corrected chi connectivity index (χ4v) is 3.96.